The van der Waals surface area contributed by atoms with E-state index < -0.39 is 52.7 Å². The largest absolute Gasteiger partial charge is 0.478 e. The molecule has 0 aliphatic rings. The zero-order valence-corrected chi connectivity index (χ0v) is 15.3. The van der Waals surface area contributed by atoms with Crippen molar-refractivity contribution in [3.63, 3.8) is 0 Å². The van der Waals surface area contributed by atoms with Crippen molar-refractivity contribution in [1.82, 2.24) is 14.8 Å². The Balaban J connectivity index is 0.00000198. The summed E-state index contributed by atoms with van der Waals surface area (Å²) in [6, 6.07) is 1.02. The van der Waals surface area contributed by atoms with Gasteiger partial charge in [0.2, 0.25) is 0 Å². The van der Waals surface area contributed by atoms with Crippen molar-refractivity contribution in [2.75, 3.05) is 0 Å². The summed E-state index contributed by atoms with van der Waals surface area (Å²) in [5.41, 5.74) is -3.89. The number of Topliss-reactive ketones (excluding diaryl/α,β-unsaturated/α-hetero) is 1. The van der Waals surface area contributed by atoms with Crippen molar-refractivity contribution >= 4 is 29.2 Å². The van der Waals surface area contributed by atoms with Crippen molar-refractivity contribution in [3.8, 4) is 0 Å². The Labute approximate surface area is 167 Å². The zero-order valence-electron chi connectivity index (χ0n) is 14.6. The highest BCUT2D eigenvalue weighted by atomic mass is 35.5. The molecule has 15 heteroatoms. The van der Waals surface area contributed by atoms with Gasteiger partial charge in [0.05, 0.1) is 5.56 Å². The Kier molecular flexibility index (Phi) is 10.1. The van der Waals surface area contributed by atoms with E-state index in [0.29, 0.717) is 4.68 Å². The molecule has 2 aromatic heterocycles. The number of hydrogen-bond acceptors (Lipinski definition) is 4. The maximum atomic E-state index is 13.3. The molecule has 2 rings (SSSR count). The topological polar surface area (TPSA) is 85.1 Å². The third-order valence-corrected chi connectivity index (χ3v) is 3.64. The predicted molar refractivity (Wildman–Crippen MR) is 87.0 cm³/mol. The first kappa shape index (κ1) is 27.0. The molecule has 0 bridgehead atoms. The zero-order chi connectivity index (χ0) is 23.8. The van der Waals surface area contributed by atoms with Crippen molar-refractivity contribution in [2.45, 2.75) is 12.6 Å². The van der Waals surface area contributed by atoms with Crippen LogP contribution in [0.4, 0.5) is 35.9 Å². The van der Waals surface area contributed by atoms with Crippen molar-refractivity contribution < 1.29 is 50.6 Å². The van der Waals surface area contributed by atoms with Crippen LogP contribution < -0.4 is 0 Å². The minimum atomic E-state index is -5.05. The first-order chi connectivity index (χ1) is 13.9. The summed E-state index contributed by atoms with van der Waals surface area (Å²) in [4.78, 5) is 27.0. The van der Waals surface area contributed by atoms with E-state index in [9.17, 15) is 27.2 Å². The summed E-state index contributed by atoms with van der Waals surface area (Å²) in [7, 11) is 1.05. The van der Waals surface area contributed by atoms with Crippen LogP contribution in [0.5, 0.6) is 0 Å². The van der Waals surface area contributed by atoms with E-state index in [2.05, 4.69) is 16.7 Å². The summed E-state index contributed by atoms with van der Waals surface area (Å²) >= 11 is 5.60. The van der Waals surface area contributed by atoms with Crippen molar-refractivity contribution in [1.29, 1.82) is 0 Å². The number of ketones is 1. The fraction of sp³-hybridized carbons (Fsp3) is 0.200. The van der Waals surface area contributed by atoms with Gasteiger partial charge in [-0.25, -0.2) is 14.2 Å². The Morgan fingerprint density at radius 2 is 1.77 bits per heavy atom. The molecular weight excluding hydrogens is 458 g/mol. The third kappa shape index (κ3) is 6.23. The number of nitrogens with zero attached hydrogens (tertiary/aromatic N) is 3. The van der Waals surface area contributed by atoms with Gasteiger partial charge in [-0.1, -0.05) is 18.2 Å². The molecule has 1 N–H and O–H groups in total. The van der Waals surface area contributed by atoms with E-state index in [1.54, 1.807) is 0 Å². The first-order valence-corrected chi connectivity index (χ1v) is 7.49. The van der Waals surface area contributed by atoms with Gasteiger partial charge in [-0.05, 0) is 11.6 Å². The molecule has 0 amide bonds. The van der Waals surface area contributed by atoms with Crippen LogP contribution in [0.15, 0.2) is 18.8 Å². The number of hydrogen-bond donors (Lipinski definition) is 1. The molecule has 0 aliphatic heterocycles. The number of carbonyl (C=O) groups is 2. The summed E-state index contributed by atoms with van der Waals surface area (Å²) in [6.07, 6.45) is -4.61. The maximum absolute atomic E-state index is 13.3. The number of rotatable bonds is 5. The van der Waals surface area contributed by atoms with E-state index in [0.717, 1.165) is 19.3 Å². The predicted octanol–water partition coefficient (Wildman–Crippen LogP) is 5.23. The molecule has 2 aromatic rings. The fourth-order valence-corrected chi connectivity index (χ4v) is 2.49. The van der Waals surface area contributed by atoms with E-state index in [1.165, 1.54) is 0 Å². The number of halogens is 9. The minimum Gasteiger partial charge on any atom is -0.478 e. The van der Waals surface area contributed by atoms with Crippen molar-refractivity contribution in [2.24, 2.45) is 7.05 Å². The number of aryl methyl sites for hydroxylation is 1. The number of aromatic nitrogens is 3. The highest BCUT2D eigenvalue weighted by molar-refractivity contribution is 6.32. The van der Waals surface area contributed by atoms with Crippen LogP contribution in [0.3, 0.4) is 0 Å². The molecule has 166 valence electrons. The molecule has 0 saturated heterocycles. The van der Waals surface area contributed by atoms with Gasteiger partial charge >= 0.3 is 12.1 Å². The Morgan fingerprint density at radius 3 is 2.20 bits per heavy atom. The first-order valence-electron chi connectivity index (χ1n) is 7.12. The van der Waals surface area contributed by atoms with Crippen LogP contribution in [-0.4, -0.2) is 31.6 Å². The molecule has 0 saturated carbocycles. The highest BCUT2D eigenvalue weighted by Gasteiger charge is 2.42. The minimum absolute atomic E-state index is 0.0201. The molecule has 30 heavy (non-hydrogen) atoms. The molecule has 0 aromatic carbocycles. The summed E-state index contributed by atoms with van der Waals surface area (Å²) in [5.74, 6) is -3.90. The lowest BCUT2D eigenvalue weighted by atomic mass is 10.0. The summed E-state index contributed by atoms with van der Waals surface area (Å²) in [6.45, 7) is 2.79. The average Bonchev–Trinajstić information content (AvgIpc) is 3.04. The van der Waals surface area contributed by atoms with E-state index in [4.69, 9.17) is 35.0 Å². The van der Waals surface area contributed by atoms with Crippen LogP contribution in [0.2, 0.25) is 5.15 Å². The molecule has 0 unspecified atom stereocenters. The lowest BCUT2D eigenvalue weighted by Gasteiger charge is -2.10. The summed E-state index contributed by atoms with van der Waals surface area (Å²) < 4.78 is 85.8. The van der Waals surface area contributed by atoms with E-state index in [1.807, 2.05) is 0 Å². The molecular formula is C15H10ClF8N3O3. The standard InChI is InChI=1S/C15H10ClF4N3O3.2F2/c1-6(17)11-10(15(18,19)20)12(23(2)22-11)9(24)4-7-3-8(14(25)26)13(16)21-5-7;2*1-2/h3,5H,1,4H2,2H3,(H,25,26);;. The Hall–Kier alpha value is -3.03. The van der Waals surface area contributed by atoms with Crippen LogP contribution in [0.25, 0.3) is 5.83 Å². The number of alkyl halides is 3. The lowest BCUT2D eigenvalue weighted by molar-refractivity contribution is -0.138. The fourth-order valence-electron chi connectivity index (χ4n) is 2.31. The SMILES string of the molecule is C=C(F)c1nn(C)c(C(=O)Cc2cnc(Cl)c(C(=O)O)c2)c1C(F)(F)F.FF.FF. The van der Waals surface area contributed by atoms with Gasteiger partial charge in [-0.2, -0.15) is 18.3 Å². The van der Waals surface area contributed by atoms with Crippen LogP contribution >= 0.6 is 11.6 Å². The monoisotopic (exact) mass is 467 g/mol. The normalized spacial score (nSPS) is 10.3. The average molecular weight is 468 g/mol. The van der Waals surface area contributed by atoms with Crippen LogP contribution in [-0.2, 0) is 19.6 Å². The third-order valence-electron chi connectivity index (χ3n) is 3.34. The molecule has 0 spiro atoms. The second kappa shape index (κ2) is 11.2. The molecule has 2 heterocycles. The number of pyridine rings is 1. The second-order valence-electron chi connectivity index (χ2n) is 5.19. The quantitative estimate of drug-likeness (QED) is 0.370. The van der Waals surface area contributed by atoms with Gasteiger partial charge in [0.25, 0.3) is 0 Å². The molecule has 6 nitrogen and oxygen atoms in total. The Bertz CT molecular complexity index is 931. The van der Waals surface area contributed by atoms with Gasteiger partial charge in [0.15, 0.2) is 5.78 Å². The molecule has 0 atom stereocenters. The van der Waals surface area contributed by atoms with E-state index >= 15 is 0 Å². The Morgan fingerprint density at radius 1 is 1.23 bits per heavy atom. The molecule has 0 radical (unpaired) electrons. The van der Waals surface area contributed by atoms with Crippen LogP contribution in [0, 0.1) is 0 Å². The van der Waals surface area contributed by atoms with Crippen molar-refractivity contribution in [3.05, 3.63) is 52.1 Å². The molecule has 0 aliphatic carbocycles. The van der Waals surface area contributed by atoms with Gasteiger partial charge in [-0.15, -0.1) is 0 Å². The second-order valence-corrected chi connectivity index (χ2v) is 5.54. The number of carboxylic acids is 1. The van der Waals surface area contributed by atoms with E-state index in [-0.39, 0.29) is 10.7 Å². The molecule has 0 fully saturated rings. The lowest BCUT2D eigenvalue weighted by Crippen LogP contribution is -2.17. The van der Waals surface area contributed by atoms with Gasteiger partial charge < -0.3 is 5.11 Å². The number of carbonyl (C=O) groups excluding carboxylic acids is 1. The number of aromatic carboxylic acids is 1. The van der Waals surface area contributed by atoms with Crippen LogP contribution in [0.1, 0.15) is 37.7 Å². The number of carboxylic acid groups (broad SMARTS) is 1. The smallest absolute Gasteiger partial charge is 0.420 e. The van der Waals surface area contributed by atoms with Gasteiger partial charge in [0, 0.05) is 38.0 Å². The summed E-state index contributed by atoms with van der Waals surface area (Å²) in [5, 5.41) is 12.0. The highest BCUT2D eigenvalue weighted by Crippen LogP contribution is 2.37. The van der Waals surface area contributed by atoms with Gasteiger partial charge in [0.1, 0.15) is 27.9 Å². The maximum Gasteiger partial charge on any atom is 0.420 e. The van der Waals surface area contributed by atoms with Gasteiger partial charge in [-0.3, -0.25) is 9.48 Å².